The summed E-state index contributed by atoms with van der Waals surface area (Å²) in [5.74, 6) is 0.0277. The van der Waals surface area contributed by atoms with Gasteiger partial charge in [0, 0.05) is 36.6 Å². The molecular weight excluding hydrogens is 394 g/mol. The number of carbonyl (C=O) groups excluding carboxylic acids is 1. The normalized spacial score (nSPS) is 11.3. The number of ketones is 1. The lowest BCUT2D eigenvalue weighted by Gasteiger charge is -2.25. The summed E-state index contributed by atoms with van der Waals surface area (Å²) in [5.41, 5.74) is 3.92. The molecule has 2 aromatic rings. The van der Waals surface area contributed by atoms with Crippen LogP contribution in [0.15, 0.2) is 54.6 Å². The first kappa shape index (κ1) is 25.7. The molecule has 0 aliphatic carbocycles. The Morgan fingerprint density at radius 2 is 1.62 bits per heavy atom. The Kier molecular flexibility index (Phi) is 11.6. The Morgan fingerprint density at radius 3 is 2.31 bits per heavy atom. The molecule has 2 rings (SSSR count). The average Bonchev–Trinajstić information content (AvgIpc) is 2.80. The Labute approximate surface area is 195 Å². The molecule has 0 radical (unpaired) electrons. The fourth-order valence-corrected chi connectivity index (χ4v) is 3.63. The van der Waals surface area contributed by atoms with Crippen LogP contribution in [-0.4, -0.2) is 51.0 Å². The van der Waals surface area contributed by atoms with E-state index >= 15 is 0 Å². The molecule has 0 amide bonds. The fraction of sp³-hybridized carbons (Fsp3) is 0.464. The number of unbranched alkanes of at least 4 members (excludes halogenated alkanes) is 2. The first-order valence-corrected chi connectivity index (χ1v) is 12.1. The van der Waals surface area contributed by atoms with Crippen molar-refractivity contribution in [3.63, 3.8) is 0 Å². The number of para-hydroxylation sites is 1. The molecule has 0 atom stereocenters. The van der Waals surface area contributed by atoms with E-state index in [1.807, 2.05) is 30.3 Å². The largest absolute Gasteiger partial charge is 0.384 e. The van der Waals surface area contributed by atoms with Gasteiger partial charge in [0.25, 0.3) is 0 Å². The van der Waals surface area contributed by atoms with E-state index in [9.17, 15) is 4.79 Å². The van der Waals surface area contributed by atoms with Crippen molar-refractivity contribution in [3.8, 4) is 0 Å². The Bertz CT molecular complexity index is 836. The van der Waals surface area contributed by atoms with Gasteiger partial charge in [0.05, 0.1) is 0 Å². The lowest BCUT2D eigenvalue weighted by molar-refractivity contribution is 0.104. The van der Waals surface area contributed by atoms with Crippen LogP contribution in [0.3, 0.4) is 0 Å². The number of nitrogens with zero attached hydrogens (tertiary/aromatic N) is 2. The summed E-state index contributed by atoms with van der Waals surface area (Å²) in [7, 11) is 4.15. The van der Waals surface area contributed by atoms with Crippen LogP contribution in [0.2, 0.25) is 0 Å². The summed E-state index contributed by atoms with van der Waals surface area (Å²) in [6, 6.07) is 16.3. The van der Waals surface area contributed by atoms with E-state index in [1.165, 1.54) is 31.4 Å². The molecule has 1 N–H and O–H groups in total. The molecule has 0 unspecified atom stereocenters. The molecule has 0 fully saturated rings. The quantitative estimate of drug-likeness (QED) is 0.201. The van der Waals surface area contributed by atoms with Crippen LogP contribution in [0, 0.1) is 0 Å². The molecule has 0 saturated carbocycles. The number of anilines is 2. The van der Waals surface area contributed by atoms with Crippen LogP contribution in [0.1, 0.15) is 61.9 Å². The third-order valence-electron chi connectivity index (χ3n) is 5.52. The van der Waals surface area contributed by atoms with Crippen molar-refractivity contribution in [2.45, 2.75) is 46.0 Å². The van der Waals surface area contributed by atoms with Gasteiger partial charge >= 0.3 is 0 Å². The molecule has 2 aromatic carbocycles. The van der Waals surface area contributed by atoms with Crippen molar-refractivity contribution < 1.29 is 4.79 Å². The fourth-order valence-electron chi connectivity index (χ4n) is 3.63. The van der Waals surface area contributed by atoms with Gasteiger partial charge in [0.1, 0.15) is 0 Å². The molecule has 32 heavy (non-hydrogen) atoms. The van der Waals surface area contributed by atoms with E-state index in [4.69, 9.17) is 0 Å². The van der Waals surface area contributed by atoms with Crippen molar-refractivity contribution in [1.29, 1.82) is 0 Å². The number of allylic oxidation sites excluding steroid dienone is 1. The summed E-state index contributed by atoms with van der Waals surface area (Å²) in [4.78, 5) is 17.6. The summed E-state index contributed by atoms with van der Waals surface area (Å²) < 4.78 is 0. The van der Waals surface area contributed by atoms with Crippen LogP contribution in [0.4, 0.5) is 11.4 Å². The van der Waals surface area contributed by atoms with Crippen LogP contribution in [0.5, 0.6) is 0 Å². The van der Waals surface area contributed by atoms with E-state index in [2.05, 4.69) is 67.3 Å². The van der Waals surface area contributed by atoms with E-state index in [1.54, 1.807) is 6.08 Å². The van der Waals surface area contributed by atoms with Gasteiger partial charge in [-0.3, -0.25) is 4.79 Å². The Balaban J connectivity index is 2.08. The van der Waals surface area contributed by atoms with E-state index in [0.717, 1.165) is 49.4 Å². The molecule has 0 saturated heterocycles. The van der Waals surface area contributed by atoms with Gasteiger partial charge in [0.15, 0.2) is 5.78 Å². The van der Waals surface area contributed by atoms with Gasteiger partial charge in [-0.25, -0.2) is 0 Å². The number of hydrogen-bond acceptors (Lipinski definition) is 4. The van der Waals surface area contributed by atoms with E-state index < -0.39 is 0 Å². The topological polar surface area (TPSA) is 35.6 Å². The molecule has 0 aliphatic rings. The van der Waals surface area contributed by atoms with Gasteiger partial charge in [-0.1, -0.05) is 57.0 Å². The highest BCUT2D eigenvalue weighted by molar-refractivity contribution is 6.10. The molecular formula is C28H41N3O. The lowest BCUT2D eigenvalue weighted by atomic mass is 10.1. The van der Waals surface area contributed by atoms with Crippen molar-refractivity contribution in [2.75, 3.05) is 50.5 Å². The Morgan fingerprint density at radius 1 is 0.906 bits per heavy atom. The maximum Gasteiger partial charge on any atom is 0.187 e. The second kappa shape index (κ2) is 14.5. The monoisotopic (exact) mass is 435 g/mol. The summed E-state index contributed by atoms with van der Waals surface area (Å²) in [5, 5.41) is 3.42. The smallest absolute Gasteiger partial charge is 0.187 e. The molecule has 0 bridgehead atoms. The highest BCUT2D eigenvalue weighted by Crippen LogP contribution is 2.20. The predicted octanol–water partition coefficient (Wildman–Crippen LogP) is 6.35. The van der Waals surface area contributed by atoms with Crippen molar-refractivity contribution in [2.24, 2.45) is 0 Å². The van der Waals surface area contributed by atoms with E-state index in [0.29, 0.717) is 0 Å². The second-order valence-electron chi connectivity index (χ2n) is 8.62. The van der Waals surface area contributed by atoms with Crippen LogP contribution < -0.4 is 10.2 Å². The number of benzene rings is 2. The van der Waals surface area contributed by atoms with Gasteiger partial charge in [-0.2, -0.15) is 0 Å². The van der Waals surface area contributed by atoms with Gasteiger partial charge in [-0.15, -0.1) is 0 Å². The third kappa shape index (κ3) is 8.88. The summed E-state index contributed by atoms with van der Waals surface area (Å²) >= 11 is 0. The lowest BCUT2D eigenvalue weighted by Crippen LogP contribution is -2.25. The molecule has 0 heterocycles. The molecule has 4 nitrogen and oxygen atoms in total. The zero-order valence-electron chi connectivity index (χ0n) is 20.4. The third-order valence-corrected chi connectivity index (χ3v) is 5.52. The minimum atomic E-state index is 0.0277. The summed E-state index contributed by atoms with van der Waals surface area (Å²) in [6.45, 7) is 8.49. The zero-order valence-corrected chi connectivity index (χ0v) is 20.4. The maximum absolute atomic E-state index is 12.9. The zero-order chi connectivity index (χ0) is 23.2. The number of rotatable bonds is 15. The van der Waals surface area contributed by atoms with Gasteiger partial charge in [0.2, 0.25) is 0 Å². The molecule has 4 heteroatoms. The first-order valence-electron chi connectivity index (χ1n) is 12.1. The SMILES string of the molecule is CCCCN(CCCC)c1cccc(/C=C/C(=O)c2ccccc2NCCCN(C)C)c1. The highest BCUT2D eigenvalue weighted by atomic mass is 16.1. The Hall–Kier alpha value is -2.59. The van der Waals surface area contributed by atoms with Crippen molar-refractivity contribution in [3.05, 3.63) is 65.7 Å². The van der Waals surface area contributed by atoms with Gasteiger partial charge < -0.3 is 15.1 Å². The van der Waals surface area contributed by atoms with Crippen molar-refractivity contribution >= 4 is 23.2 Å². The van der Waals surface area contributed by atoms with Crippen LogP contribution >= 0.6 is 0 Å². The standard InChI is InChI=1S/C28H41N3O/c1-5-7-21-31(22-8-6-2)25-14-11-13-24(23-25)17-18-28(32)26-15-9-10-16-27(26)29-19-12-20-30(3)4/h9-11,13-18,23,29H,5-8,12,19-22H2,1-4H3/b18-17+. The number of hydrogen-bond donors (Lipinski definition) is 1. The van der Waals surface area contributed by atoms with E-state index in [-0.39, 0.29) is 5.78 Å². The molecule has 0 spiro atoms. The minimum Gasteiger partial charge on any atom is -0.384 e. The molecule has 174 valence electrons. The molecule has 0 aromatic heterocycles. The highest BCUT2D eigenvalue weighted by Gasteiger charge is 2.09. The maximum atomic E-state index is 12.9. The number of nitrogens with one attached hydrogen (secondary N) is 1. The first-order chi connectivity index (χ1) is 15.5. The minimum absolute atomic E-state index is 0.0277. The second-order valence-corrected chi connectivity index (χ2v) is 8.62. The number of carbonyl (C=O) groups is 1. The average molecular weight is 436 g/mol. The predicted molar refractivity (Wildman–Crippen MR) is 140 cm³/mol. The summed E-state index contributed by atoms with van der Waals surface area (Å²) in [6.07, 6.45) is 9.44. The van der Waals surface area contributed by atoms with Gasteiger partial charge in [-0.05, 0) is 75.8 Å². The van der Waals surface area contributed by atoms with Crippen LogP contribution in [0.25, 0.3) is 6.08 Å². The van der Waals surface area contributed by atoms with Crippen LogP contribution in [-0.2, 0) is 0 Å². The molecule has 0 aliphatic heterocycles. The van der Waals surface area contributed by atoms with Crippen molar-refractivity contribution in [1.82, 2.24) is 4.90 Å².